The van der Waals surface area contributed by atoms with Gasteiger partial charge in [0.25, 0.3) is 0 Å². The van der Waals surface area contributed by atoms with Crippen molar-refractivity contribution in [3.05, 3.63) is 87.3 Å². The van der Waals surface area contributed by atoms with Crippen molar-refractivity contribution >= 4 is 34.9 Å². The van der Waals surface area contributed by atoms with Crippen LogP contribution in [0.25, 0.3) is 5.57 Å². The highest BCUT2D eigenvalue weighted by molar-refractivity contribution is 8.00. The average molecular weight is 497 g/mol. The number of nitrogens with zero attached hydrogens (tertiary/aromatic N) is 4. The molecular formula is C22H17ClF4N4OS. The molecule has 1 aliphatic heterocycles. The van der Waals surface area contributed by atoms with Gasteiger partial charge in [-0.3, -0.25) is 4.57 Å². The highest BCUT2D eigenvalue weighted by Gasteiger charge is 2.29. The molecule has 0 bridgehead atoms. The van der Waals surface area contributed by atoms with Gasteiger partial charge in [-0.25, -0.2) is 14.2 Å². The average Bonchev–Trinajstić information content (AvgIpc) is 2.75. The largest absolute Gasteiger partial charge is 0.446 e. The number of alkyl halides is 3. The predicted octanol–water partition coefficient (Wildman–Crippen LogP) is 5.38. The summed E-state index contributed by atoms with van der Waals surface area (Å²) >= 11 is 5.74. The van der Waals surface area contributed by atoms with E-state index >= 15 is 0 Å². The molecule has 0 spiro atoms. The Morgan fingerprint density at radius 2 is 1.88 bits per heavy atom. The van der Waals surface area contributed by atoms with Gasteiger partial charge in [0.2, 0.25) is 5.95 Å². The summed E-state index contributed by atoms with van der Waals surface area (Å²) in [6.45, 7) is 1.13. The summed E-state index contributed by atoms with van der Waals surface area (Å²) in [5, 5.41) is 0.328. The Bertz CT molecular complexity index is 1220. The zero-order chi connectivity index (χ0) is 23.6. The molecule has 0 atom stereocenters. The van der Waals surface area contributed by atoms with Crippen molar-refractivity contribution in [2.75, 3.05) is 18.0 Å². The molecule has 2 heterocycles. The Kier molecular flexibility index (Phi) is 6.76. The minimum absolute atomic E-state index is 0.0724. The van der Waals surface area contributed by atoms with E-state index in [0.717, 1.165) is 11.1 Å². The van der Waals surface area contributed by atoms with Crippen molar-refractivity contribution < 1.29 is 17.6 Å². The van der Waals surface area contributed by atoms with Crippen molar-refractivity contribution in [2.45, 2.75) is 23.4 Å². The summed E-state index contributed by atoms with van der Waals surface area (Å²) in [6, 6.07) is 10.2. The van der Waals surface area contributed by atoms with Crippen LogP contribution in [0.5, 0.6) is 0 Å². The van der Waals surface area contributed by atoms with Crippen LogP contribution in [-0.2, 0) is 6.54 Å². The molecule has 0 radical (unpaired) electrons. The van der Waals surface area contributed by atoms with Crippen LogP contribution in [-0.4, -0.2) is 33.1 Å². The van der Waals surface area contributed by atoms with E-state index in [2.05, 4.69) is 9.97 Å². The summed E-state index contributed by atoms with van der Waals surface area (Å²) in [5.41, 5.74) is -2.54. The zero-order valence-electron chi connectivity index (χ0n) is 17.0. The van der Waals surface area contributed by atoms with Crippen LogP contribution in [0.1, 0.15) is 17.5 Å². The normalized spacial score (nSPS) is 14.3. The molecule has 0 fully saturated rings. The molecule has 0 saturated carbocycles. The van der Waals surface area contributed by atoms with Crippen LogP contribution >= 0.6 is 23.4 Å². The Morgan fingerprint density at radius 1 is 1.12 bits per heavy atom. The zero-order valence-corrected chi connectivity index (χ0v) is 18.6. The van der Waals surface area contributed by atoms with Gasteiger partial charge >= 0.3 is 11.2 Å². The van der Waals surface area contributed by atoms with Crippen molar-refractivity contribution in [1.82, 2.24) is 14.5 Å². The summed E-state index contributed by atoms with van der Waals surface area (Å²) in [5.74, 6) is -0.123. The fourth-order valence-electron chi connectivity index (χ4n) is 3.46. The number of hydrogen-bond acceptors (Lipinski definition) is 5. The summed E-state index contributed by atoms with van der Waals surface area (Å²) in [6.07, 6.45) is 3.90. The molecule has 0 amide bonds. The maximum atomic E-state index is 13.6. The van der Waals surface area contributed by atoms with E-state index in [0.29, 0.717) is 30.1 Å². The standard InChI is InChI=1S/C22H17ClF4N4OS/c23-17-9-16(10-18(24)11-17)15-5-7-30(8-6-15)20-28-13-31(21(32)29-20)12-14-1-3-19(4-2-14)33-22(25,26)27/h1-5,9-11,13H,6-8,12H2. The smallest absolute Gasteiger partial charge is 0.337 e. The molecule has 11 heteroatoms. The number of aromatic nitrogens is 3. The number of thioether (sulfide) groups is 1. The van der Waals surface area contributed by atoms with Crippen LogP contribution in [0.15, 0.2) is 64.6 Å². The lowest BCUT2D eigenvalue weighted by Crippen LogP contribution is -2.34. The number of benzene rings is 2. The highest BCUT2D eigenvalue weighted by Crippen LogP contribution is 2.36. The molecule has 4 rings (SSSR count). The number of hydrogen-bond donors (Lipinski definition) is 0. The van der Waals surface area contributed by atoms with Gasteiger partial charge in [0.1, 0.15) is 12.1 Å². The van der Waals surface area contributed by atoms with Crippen LogP contribution in [0, 0.1) is 5.82 Å². The fourth-order valence-corrected chi connectivity index (χ4v) is 4.22. The third-order valence-electron chi connectivity index (χ3n) is 4.99. The molecule has 1 aromatic heterocycles. The summed E-state index contributed by atoms with van der Waals surface area (Å²) in [4.78, 5) is 22.7. The van der Waals surface area contributed by atoms with Crippen LogP contribution in [0.3, 0.4) is 0 Å². The SMILES string of the molecule is O=c1nc(N2CC=C(c3cc(F)cc(Cl)c3)CC2)ncn1Cc1ccc(SC(F)(F)F)cc1. The third-order valence-corrected chi connectivity index (χ3v) is 5.95. The first-order valence-corrected chi connectivity index (χ1v) is 11.0. The van der Waals surface area contributed by atoms with E-state index < -0.39 is 17.0 Å². The first kappa shape index (κ1) is 23.3. The molecule has 33 heavy (non-hydrogen) atoms. The van der Waals surface area contributed by atoms with Gasteiger partial charge in [-0.15, -0.1) is 0 Å². The van der Waals surface area contributed by atoms with Crippen molar-refractivity contribution in [2.24, 2.45) is 0 Å². The van der Waals surface area contributed by atoms with Crippen LogP contribution in [0.4, 0.5) is 23.5 Å². The molecule has 1 aliphatic rings. The second-order valence-electron chi connectivity index (χ2n) is 7.34. The van der Waals surface area contributed by atoms with Crippen molar-refractivity contribution in [3.63, 3.8) is 0 Å². The summed E-state index contributed by atoms with van der Waals surface area (Å²) in [7, 11) is 0. The van der Waals surface area contributed by atoms with Gasteiger partial charge in [0.05, 0.1) is 6.54 Å². The van der Waals surface area contributed by atoms with Crippen molar-refractivity contribution in [3.8, 4) is 0 Å². The Hall–Kier alpha value is -2.85. The van der Waals surface area contributed by atoms with E-state index in [-0.39, 0.29) is 29.2 Å². The van der Waals surface area contributed by atoms with E-state index in [1.165, 1.54) is 47.3 Å². The highest BCUT2D eigenvalue weighted by atomic mass is 35.5. The first-order valence-electron chi connectivity index (χ1n) is 9.85. The second-order valence-corrected chi connectivity index (χ2v) is 8.92. The van der Waals surface area contributed by atoms with Gasteiger partial charge in [-0.05, 0) is 65.2 Å². The molecule has 2 aromatic carbocycles. The van der Waals surface area contributed by atoms with Gasteiger partial charge in [0.15, 0.2) is 0 Å². The molecule has 0 aliphatic carbocycles. The Balaban J connectivity index is 1.43. The van der Waals surface area contributed by atoms with Crippen LogP contribution < -0.4 is 10.6 Å². The van der Waals surface area contributed by atoms with E-state index in [1.54, 1.807) is 6.07 Å². The maximum Gasteiger partial charge on any atom is 0.446 e. The lowest BCUT2D eigenvalue weighted by atomic mass is 9.99. The van der Waals surface area contributed by atoms with E-state index in [4.69, 9.17) is 11.6 Å². The topological polar surface area (TPSA) is 51.0 Å². The third kappa shape index (κ3) is 6.14. The fraction of sp³-hybridized carbons (Fsp3) is 0.227. The molecule has 5 nitrogen and oxygen atoms in total. The quantitative estimate of drug-likeness (QED) is 0.350. The first-order chi connectivity index (χ1) is 15.7. The molecular weight excluding hydrogens is 480 g/mol. The lowest BCUT2D eigenvalue weighted by Gasteiger charge is -2.26. The van der Waals surface area contributed by atoms with E-state index in [1.807, 2.05) is 11.0 Å². The number of anilines is 1. The van der Waals surface area contributed by atoms with Gasteiger partial charge in [-0.2, -0.15) is 18.2 Å². The van der Waals surface area contributed by atoms with Crippen molar-refractivity contribution in [1.29, 1.82) is 0 Å². The molecule has 0 N–H and O–H groups in total. The van der Waals surface area contributed by atoms with E-state index in [9.17, 15) is 22.4 Å². The van der Waals surface area contributed by atoms with Gasteiger partial charge in [0, 0.05) is 23.0 Å². The maximum absolute atomic E-state index is 13.6. The molecule has 0 unspecified atom stereocenters. The minimum Gasteiger partial charge on any atom is -0.337 e. The molecule has 172 valence electrons. The second kappa shape index (κ2) is 9.56. The van der Waals surface area contributed by atoms with Gasteiger partial charge in [-0.1, -0.05) is 29.8 Å². The molecule has 3 aromatic rings. The Labute approximate surface area is 195 Å². The summed E-state index contributed by atoms with van der Waals surface area (Å²) < 4.78 is 52.2. The number of rotatable bonds is 5. The van der Waals surface area contributed by atoms with Crippen LogP contribution in [0.2, 0.25) is 5.02 Å². The number of halogens is 5. The predicted molar refractivity (Wildman–Crippen MR) is 120 cm³/mol. The Morgan fingerprint density at radius 3 is 2.48 bits per heavy atom. The lowest BCUT2D eigenvalue weighted by molar-refractivity contribution is -0.0328. The minimum atomic E-state index is -4.35. The monoisotopic (exact) mass is 496 g/mol. The van der Waals surface area contributed by atoms with Gasteiger partial charge < -0.3 is 4.90 Å². The molecule has 0 saturated heterocycles.